The summed E-state index contributed by atoms with van der Waals surface area (Å²) in [5.74, 6) is 0. The molecule has 0 saturated carbocycles. The molecule has 0 aliphatic heterocycles. The molecule has 0 saturated heterocycles. The van der Waals surface area contributed by atoms with Crippen molar-refractivity contribution in [3.63, 3.8) is 0 Å². The number of rotatable bonds is 2. The van der Waals surface area contributed by atoms with Crippen LogP contribution in [0.2, 0.25) is 0 Å². The number of hydrogen-bond acceptors (Lipinski definition) is 3. The van der Waals surface area contributed by atoms with E-state index in [0.717, 1.165) is 0 Å². The first-order valence-corrected chi connectivity index (χ1v) is 4.50. The minimum absolute atomic E-state index is 0.534. The van der Waals surface area contributed by atoms with E-state index >= 15 is 0 Å². The van der Waals surface area contributed by atoms with Gasteiger partial charge in [0.25, 0.3) is 0 Å². The summed E-state index contributed by atoms with van der Waals surface area (Å²) >= 11 is 0. The van der Waals surface area contributed by atoms with Crippen LogP contribution in [0.3, 0.4) is 0 Å². The summed E-state index contributed by atoms with van der Waals surface area (Å²) in [6.45, 7) is 2.32. The predicted molar refractivity (Wildman–Crippen MR) is 37.0 cm³/mol. The van der Waals surface area contributed by atoms with Crippen LogP contribution in [-0.2, 0) is 0 Å². The molecule has 3 nitrogen and oxygen atoms in total. The molecule has 52 valence electrons. The van der Waals surface area contributed by atoms with Crippen LogP contribution < -0.4 is 0 Å². The normalized spacial score (nSPS) is 14.8. The van der Waals surface area contributed by atoms with Crippen LogP contribution in [0.15, 0.2) is 0 Å². The summed E-state index contributed by atoms with van der Waals surface area (Å²) in [6, 6.07) is 0. The monoisotopic (exact) mass is 159 g/mol. The van der Waals surface area contributed by atoms with Crippen molar-refractivity contribution in [3.05, 3.63) is 0 Å². The van der Waals surface area contributed by atoms with Gasteiger partial charge < -0.3 is 0 Å². The summed E-state index contributed by atoms with van der Waals surface area (Å²) < 4.78 is 18.5. The highest BCUT2D eigenvalue weighted by atomic mass is 35.7. The maximum atomic E-state index is 8.62. The van der Waals surface area contributed by atoms with Gasteiger partial charge in [-0.05, 0) is 0 Å². The van der Waals surface area contributed by atoms with E-state index in [1.54, 1.807) is 14.0 Å². The third-order valence-electron chi connectivity index (χ3n) is 0.842. The molecule has 0 aromatic rings. The molecule has 5 heteroatoms. The molecule has 0 spiro atoms. The lowest BCUT2D eigenvalue weighted by atomic mass is 10.8. The van der Waals surface area contributed by atoms with Crippen LogP contribution in [-0.4, -0.2) is 27.0 Å². The zero-order valence-electron chi connectivity index (χ0n) is 4.83. The van der Waals surface area contributed by atoms with Crippen LogP contribution in [0, 0.1) is 0 Å². The smallest absolute Gasteiger partial charge is 0.0426 e. The van der Waals surface area contributed by atoms with Gasteiger partial charge >= 0.3 is 0 Å². The van der Waals surface area contributed by atoms with Crippen molar-refractivity contribution < 1.29 is 9.11 Å². The lowest BCUT2D eigenvalue weighted by Crippen LogP contribution is -2.18. The summed E-state index contributed by atoms with van der Waals surface area (Å²) in [6.07, 6.45) is 0. The van der Waals surface area contributed by atoms with Crippen molar-refractivity contribution in [1.29, 1.82) is 0 Å². The van der Waals surface area contributed by atoms with E-state index in [1.165, 1.54) is 4.31 Å². The Kier molecular flexibility index (Phi) is 3.08. The van der Waals surface area contributed by atoms with Crippen molar-refractivity contribution in [2.75, 3.05) is 13.6 Å². The van der Waals surface area contributed by atoms with Crippen molar-refractivity contribution in [2.24, 2.45) is 0 Å². The summed E-state index contributed by atoms with van der Waals surface area (Å²) in [7, 11) is 3.70. The standard InChI is InChI=1S/C3H10ClNO2S/c1-3-5(2)8(4,6)7/h6-7H,3H2,1-2H3. The molecule has 0 atom stereocenters. The Morgan fingerprint density at radius 2 is 2.00 bits per heavy atom. The van der Waals surface area contributed by atoms with Gasteiger partial charge in [0.15, 0.2) is 0 Å². The second-order valence-corrected chi connectivity index (χ2v) is 4.17. The predicted octanol–water partition coefficient (Wildman–Crippen LogP) is 1.76. The molecule has 2 N–H and O–H groups in total. The van der Waals surface area contributed by atoms with Gasteiger partial charge in [0.1, 0.15) is 0 Å². The van der Waals surface area contributed by atoms with Gasteiger partial charge in [-0.25, -0.2) is 0 Å². The first-order chi connectivity index (χ1) is 3.48. The van der Waals surface area contributed by atoms with E-state index < -0.39 is 9.99 Å². The third kappa shape index (κ3) is 2.74. The molecular weight excluding hydrogens is 150 g/mol. The Balaban J connectivity index is 3.62. The number of hydrogen-bond donors (Lipinski definition) is 2. The van der Waals surface area contributed by atoms with Crippen LogP contribution >= 0.6 is 20.7 Å². The van der Waals surface area contributed by atoms with Crippen LogP contribution in [0.4, 0.5) is 0 Å². The quantitative estimate of drug-likeness (QED) is 0.646. The Hall–Kier alpha value is 0.520. The highest BCUT2D eigenvalue weighted by Crippen LogP contribution is 2.46. The fourth-order valence-corrected chi connectivity index (χ4v) is 0.786. The van der Waals surface area contributed by atoms with Gasteiger partial charge in [-0.2, -0.15) is 4.31 Å². The summed E-state index contributed by atoms with van der Waals surface area (Å²) in [5.41, 5.74) is 0. The summed E-state index contributed by atoms with van der Waals surface area (Å²) in [4.78, 5) is 0. The minimum atomic E-state index is -2.95. The van der Waals surface area contributed by atoms with Crippen molar-refractivity contribution in [2.45, 2.75) is 6.92 Å². The van der Waals surface area contributed by atoms with Gasteiger partial charge in [0, 0.05) is 24.3 Å². The van der Waals surface area contributed by atoms with Gasteiger partial charge in [-0.1, -0.05) is 16.9 Å². The average molecular weight is 160 g/mol. The van der Waals surface area contributed by atoms with E-state index in [9.17, 15) is 0 Å². The Bertz CT molecular complexity index is 74.2. The molecule has 0 unspecified atom stereocenters. The average Bonchev–Trinajstić information content (AvgIpc) is 1.62. The Labute approximate surface area is 55.2 Å². The van der Waals surface area contributed by atoms with Gasteiger partial charge in [0.2, 0.25) is 0 Å². The lowest BCUT2D eigenvalue weighted by Gasteiger charge is -2.31. The molecule has 0 rings (SSSR count). The first-order valence-electron chi connectivity index (χ1n) is 2.17. The van der Waals surface area contributed by atoms with Crippen LogP contribution in [0.25, 0.3) is 0 Å². The highest BCUT2D eigenvalue weighted by Gasteiger charge is 2.11. The molecule has 0 aromatic carbocycles. The molecule has 0 heterocycles. The van der Waals surface area contributed by atoms with E-state index in [1.807, 2.05) is 0 Å². The van der Waals surface area contributed by atoms with Crippen LogP contribution in [0.1, 0.15) is 6.92 Å². The molecule has 0 aliphatic rings. The SMILES string of the molecule is CCN(C)S(O)(O)Cl. The van der Waals surface area contributed by atoms with Crippen molar-refractivity contribution in [3.8, 4) is 0 Å². The molecule has 0 aliphatic carbocycles. The zero-order chi connectivity index (χ0) is 6.78. The van der Waals surface area contributed by atoms with E-state index in [2.05, 4.69) is 0 Å². The summed E-state index contributed by atoms with van der Waals surface area (Å²) in [5, 5.41) is 0. The molecule has 8 heavy (non-hydrogen) atoms. The van der Waals surface area contributed by atoms with Crippen molar-refractivity contribution >= 4 is 20.7 Å². The lowest BCUT2D eigenvalue weighted by molar-refractivity contribution is 0.412. The molecule has 0 bridgehead atoms. The molecule has 0 amide bonds. The van der Waals surface area contributed by atoms with Gasteiger partial charge in [-0.15, -0.1) is 0 Å². The van der Waals surface area contributed by atoms with Gasteiger partial charge in [-0.3, -0.25) is 9.11 Å². The van der Waals surface area contributed by atoms with E-state index in [-0.39, 0.29) is 0 Å². The van der Waals surface area contributed by atoms with Gasteiger partial charge in [0.05, 0.1) is 0 Å². The second kappa shape index (κ2) is 2.89. The third-order valence-corrected chi connectivity index (χ3v) is 2.60. The van der Waals surface area contributed by atoms with Crippen molar-refractivity contribution in [1.82, 2.24) is 4.31 Å². The molecule has 0 aromatic heterocycles. The van der Waals surface area contributed by atoms with E-state index in [0.29, 0.717) is 6.54 Å². The maximum Gasteiger partial charge on any atom is 0.0426 e. The molecular formula is C3H10ClNO2S. The highest BCUT2D eigenvalue weighted by molar-refractivity contribution is 8.41. The molecule has 0 radical (unpaired) electrons. The number of nitrogens with zero attached hydrogens (tertiary/aromatic N) is 1. The second-order valence-electron chi connectivity index (χ2n) is 1.40. The first kappa shape index (κ1) is 8.52. The van der Waals surface area contributed by atoms with Crippen LogP contribution in [0.5, 0.6) is 0 Å². The Morgan fingerprint density at radius 1 is 1.62 bits per heavy atom. The topological polar surface area (TPSA) is 43.7 Å². The fraction of sp³-hybridized carbons (Fsp3) is 1.00. The minimum Gasteiger partial charge on any atom is -0.272 e. The van der Waals surface area contributed by atoms with E-state index in [4.69, 9.17) is 19.8 Å². The Morgan fingerprint density at radius 3 is 2.00 bits per heavy atom. The fourth-order valence-electron chi connectivity index (χ4n) is 0.164. The molecule has 0 fully saturated rings. The zero-order valence-corrected chi connectivity index (χ0v) is 6.41. The maximum absolute atomic E-state index is 8.62. The largest absolute Gasteiger partial charge is 0.272 e. The number of halogens is 1.